The van der Waals surface area contributed by atoms with Crippen molar-refractivity contribution < 1.29 is 4.42 Å². The van der Waals surface area contributed by atoms with Gasteiger partial charge in [0.15, 0.2) is 5.65 Å². The van der Waals surface area contributed by atoms with Gasteiger partial charge in [0.1, 0.15) is 11.5 Å². The van der Waals surface area contributed by atoms with Crippen molar-refractivity contribution in [3.63, 3.8) is 0 Å². The number of fused-ring (bicyclic) bond motifs is 1. The standard InChI is InChI=1S/C14H16N4O/c1-9-4-7-13-16-14(17-18(13)8-9)15-11(3)12-6-5-10(2)19-12/h4-8,11H,1-3H3,(H,15,17). The Bertz CT molecular complexity index is 713. The van der Waals surface area contributed by atoms with E-state index in [9.17, 15) is 0 Å². The molecule has 0 amide bonds. The van der Waals surface area contributed by atoms with Gasteiger partial charge >= 0.3 is 0 Å². The van der Waals surface area contributed by atoms with Crippen LogP contribution in [0.1, 0.15) is 30.0 Å². The SMILES string of the molecule is Cc1ccc2nc(NC(C)c3ccc(C)o3)nn2c1. The summed E-state index contributed by atoms with van der Waals surface area (Å²) in [6, 6.07) is 7.93. The molecule has 0 spiro atoms. The second-order valence-electron chi connectivity index (χ2n) is 4.76. The van der Waals surface area contributed by atoms with Gasteiger partial charge in [-0.05, 0) is 44.5 Å². The number of furan rings is 1. The van der Waals surface area contributed by atoms with E-state index in [1.165, 1.54) is 0 Å². The summed E-state index contributed by atoms with van der Waals surface area (Å²) in [5.74, 6) is 2.39. The number of anilines is 1. The summed E-state index contributed by atoms with van der Waals surface area (Å²) in [6.07, 6.45) is 1.95. The van der Waals surface area contributed by atoms with Crippen molar-refractivity contribution in [3.05, 3.63) is 47.5 Å². The van der Waals surface area contributed by atoms with Crippen LogP contribution >= 0.6 is 0 Å². The first-order valence-corrected chi connectivity index (χ1v) is 6.28. The van der Waals surface area contributed by atoms with Crippen LogP contribution in [0.4, 0.5) is 5.95 Å². The zero-order valence-electron chi connectivity index (χ0n) is 11.2. The summed E-state index contributed by atoms with van der Waals surface area (Å²) >= 11 is 0. The first kappa shape index (κ1) is 11.8. The van der Waals surface area contributed by atoms with Gasteiger partial charge in [0.2, 0.25) is 5.95 Å². The Labute approximate surface area is 111 Å². The summed E-state index contributed by atoms with van der Waals surface area (Å²) < 4.78 is 7.36. The maximum absolute atomic E-state index is 5.59. The van der Waals surface area contributed by atoms with Crippen LogP contribution < -0.4 is 5.32 Å². The lowest BCUT2D eigenvalue weighted by molar-refractivity contribution is 0.466. The summed E-state index contributed by atoms with van der Waals surface area (Å²) in [6.45, 7) is 5.99. The molecule has 5 heteroatoms. The molecule has 3 rings (SSSR count). The minimum atomic E-state index is 0.0345. The van der Waals surface area contributed by atoms with Gasteiger partial charge in [0.05, 0.1) is 6.04 Å². The van der Waals surface area contributed by atoms with E-state index in [1.807, 2.05) is 51.2 Å². The van der Waals surface area contributed by atoms with Gasteiger partial charge in [-0.3, -0.25) is 0 Å². The predicted octanol–water partition coefficient (Wildman–Crippen LogP) is 3.11. The van der Waals surface area contributed by atoms with Crippen molar-refractivity contribution in [3.8, 4) is 0 Å². The first-order chi connectivity index (χ1) is 9.11. The molecule has 5 nitrogen and oxygen atoms in total. The van der Waals surface area contributed by atoms with E-state index in [0.29, 0.717) is 5.95 Å². The van der Waals surface area contributed by atoms with E-state index in [0.717, 1.165) is 22.7 Å². The molecule has 0 saturated carbocycles. The molecule has 1 atom stereocenters. The van der Waals surface area contributed by atoms with Crippen molar-refractivity contribution in [1.82, 2.24) is 14.6 Å². The molecule has 0 saturated heterocycles. The molecule has 3 heterocycles. The van der Waals surface area contributed by atoms with Crippen LogP contribution in [0.15, 0.2) is 34.9 Å². The number of aromatic nitrogens is 3. The number of hydrogen-bond donors (Lipinski definition) is 1. The number of rotatable bonds is 3. The second-order valence-corrected chi connectivity index (χ2v) is 4.76. The van der Waals surface area contributed by atoms with Crippen molar-refractivity contribution in [1.29, 1.82) is 0 Å². The minimum absolute atomic E-state index is 0.0345. The number of pyridine rings is 1. The molecule has 0 radical (unpaired) electrons. The van der Waals surface area contributed by atoms with E-state index >= 15 is 0 Å². The number of nitrogens with zero attached hydrogens (tertiary/aromatic N) is 3. The average molecular weight is 256 g/mol. The highest BCUT2D eigenvalue weighted by molar-refractivity contribution is 5.44. The van der Waals surface area contributed by atoms with Gasteiger partial charge in [0.25, 0.3) is 0 Å². The summed E-state index contributed by atoms with van der Waals surface area (Å²) in [5, 5.41) is 7.64. The van der Waals surface area contributed by atoms with Crippen LogP contribution in [0.5, 0.6) is 0 Å². The van der Waals surface area contributed by atoms with Crippen LogP contribution in [0.2, 0.25) is 0 Å². The highest BCUT2D eigenvalue weighted by atomic mass is 16.3. The van der Waals surface area contributed by atoms with Crippen LogP contribution in [-0.4, -0.2) is 14.6 Å². The molecule has 1 unspecified atom stereocenters. The fraction of sp³-hybridized carbons (Fsp3) is 0.286. The zero-order valence-corrected chi connectivity index (χ0v) is 11.2. The van der Waals surface area contributed by atoms with Crippen molar-refractivity contribution in [2.45, 2.75) is 26.8 Å². The summed E-state index contributed by atoms with van der Waals surface area (Å²) in [7, 11) is 0. The van der Waals surface area contributed by atoms with Crippen molar-refractivity contribution >= 4 is 11.6 Å². The Balaban J connectivity index is 1.85. The van der Waals surface area contributed by atoms with Crippen LogP contribution in [0, 0.1) is 13.8 Å². The molecule has 0 fully saturated rings. The third-order valence-corrected chi connectivity index (χ3v) is 3.01. The Morgan fingerprint density at radius 2 is 2.05 bits per heavy atom. The van der Waals surface area contributed by atoms with E-state index in [2.05, 4.69) is 15.4 Å². The average Bonchev–Trinajstić information content (AvgIpc) is 2.94. The van der Waals surface area contributed by atoms with Crippen LogP contribution in [0.3, 0.4) is 0 Å². The van der Waals surface area contributed by atoms with E-state index in [1.54, 1.807) is 4.52 Å². The lowest BCUT2D eigenvalue weighted by Gasteiger charge is -2.08. The molecule has 98 valence electrons. The molecule has 0 aliphatic rings. The quantitative estimate of drug-likeness (QED) is 0.782. The first-order valence-electron chi connectivity index (χ1n) is 6.28. The van der Waals surface area contributed by atoms with Crippen LogP contribution in [-0.2, 0) is 0 Å². The Kier molecular flexibility index (Phi) is 2.74. The fourth-order valence-electron chi connectivity index (χ4n) is 2.00. The Morgan fingerprint density at radius 1 is 1.21 bits per heavy atom. The lowest BCUT2D eigenvalue weighted by atomic mass is 10.2. The van der Waals surface area contributed by atoms with Gasteiger partial charge in [-0.1, -0.05) is 6.07 Å². The minimum Gasteiger partial charge on any atom is -0.464 e. The molecular formula is C14H16N4O. The van der Waals surface area contributed by atoms with Gasteiger partial charge in [-0.2, -0.15) is 4.98 Å². The topological polar surface area (TPSA) is 55.4 Å². The molecular weight excluding hydrogens is 240 g/mol. The van der Waals surface area contributed by atoms with Gasteiger partial charge in [-0.15, -0.1) is 5.10 Å². The third-order valence-electron chi connectivity index (χ3n) is 3.01. The van der Waals surface area contributed by atoms with E-state index < -0.39 is 0 Å². The highest BCUT2D eigenvalue weighted by Gasteiger charge is 2.12. The largest absolute Gasteiger partial charge is 0.464 e. The van der Waals surface area contributed by atoms with Crippen molar-refractivity contribution in [2.24, 2.45) is 0 Å². The lowest BCUT2D eigenvalue weighted by Crippen LogP contribution is -2.07. The van der Waals surface area contributed by atoms with E-state index in [-0.39, 0.29) is 6.04 Å². The predicted molar refractivity (Wildman–Crippen MR) is 73.2 cm³/mol. The third kappa shape index (κ3) is 2.31. The number of nitrogens with one attached hydrogen (secondary N) is 1. The molecule has 0 aromatic carbocycles. The molecule has 19 heavy (non-hydrogen) atoms. The number of aryl methyl sites for hydroxylation is 2. The molecule has 3 aromatic heterocycles. The maximum atomic E-state index is 5.59. The van der Waals surface area contributed by atoms with Crippen molar-refractivity contribution in [2.75, 3.05) is 5.32 Å². The molecule has 3 aromatic rings. The highest BCUT2D eigenvalue weighted by Crippen LogP contribution is 2.19. The molecule has 0 bridgehead atoms. The Hall–Kier alpha value is -2.30. The maximum Gasteiger partial charge on any atom is 0.243 e. The molecule has 1 N–H and O–H groups in total. The van der Waals surface area contributed by atoms with Crippen LogP contribution in [0.25, 0.3) is 5.65 Å². The monoisotopic (exact) mass is 256 g/mol. The normalized spacial score (nSPS) is 12.8. The second kappa shape index (κ2) is 4.42. The summed E-state index contributed by atoms with van der Waals surface area (Å²) in [5.41, 5.74) is 1.98. The van der Waals surface area contributed by atoms with Gasteiger partial charge in [0, 0.05) is 6.20 Å². The smallest absolute Gasteiger partial charge is 0.243 e. The number of hydrogen-bond acceptors (Lipinski definition) is 4. The fourth-order valence-corrected chi connectivity index (χ4v) is 2.00. The zero-order chi connectivity index (χ0) is 13.4. The molecule has 0 aliphatic carbocycles. The molecule has 0 aliphatic heterocycles. The van der Waals surface area contributed by atoms with Gasteiger partial charge < -0.3 is 9.73 Å². The summed E-state index contributed by atoms with van der Waals surface area (Å²) in [4.78, 5) is 4.43. The van der Waals surface area contributed by atoms with Gasteiger partial charge in [-0.25, -0.2) is 4.52 Å². The Morgan fingerprint density at radius 3 is 2.79 bits per heavy atom. The van der Waals surface area contributed by atoms with E-state index in [4.69, 9.17) is 4.42 Å².